The van der Waals surface area contributed by atoms with Crippen LogP contribution >= 0.6 is 11.3 Å². The number of carbonyl (C=O) groups is 1. The molecule has 1 fully saturated rings. The molecule has 0 unspecified atom stereocenters. The van der Waals surface area contributed by atoms with Crippen LogP contribution in [-0.2, 0) is 0 Å². The molecule has 1 N–H and O–H groups in total. The van der Waals surface area contributed by atoms with Crippen LogP contribution in [0.5, 0.6) is 0 Å². The first kappa shape index (κ1) is 15.1. The second kappa shape index (κ2) is 7.42. The molecule has 22 heavy (non-hydrogen) atoms. The summed E-state index contributed by atoms with van der Waals surface area (Å²) in [6.45, 7) is 5.80. The highest BCUT2D eigenvalue weighted by molar-refractivity contribution is 7.08. The molecule has 0 aliphatic carbocycles. The second-order valence-electron chi connectivity index (χ2n) is 5.43. The Hall–Kier alpha value is -1.85. The third kappa shape index (κ3) is 3.87. The van der Waals surface area contributed by atoms with Crippen LogP contribution in [0.25, 0.3) is 0 Å². The Morgan fingerprint density at radius 2 is 1.86 bits per heavy atom. The van der Waals surface area contributed by atoms with Gasteiger partial charge >= 0.3 is 0 Å². The lowest BCUT2D eigenvalue weighted by molar-refractivity contribution is 0.0948. The van der Waals surface area contributed by atoms with Crippen molar-refractivity contribution in [2.24, 2.45) is 0 Å². The number of benzene rings is 1. The molecule has 116 valence electrons. The lowest BCUT2D eigenvalue weighted by Crippen LogP contribution is -2.48. The maximum atomic E-state index is 11.9. The van der Waals surface area contributed by atoms with Gasteiger partial charge in [0.05, 0.1) is 0 Å². The van der Waals surface area contributed by atoms with Crippen molar-refractivity contribution in [3.8, 4) is 0 Å². The molecule has 2 heterocycles. The lowest BCUT2D eigenvalue weighted by Gasteiger charge is -2.36. The molecule has 1 amide bonds. The quantitative estimate of drug-likeness (QED) is 0.919. The van der Waals surface area contributed by atoms with Gasteiger partial charge in [-0.3, -0.25) is 9.69 Å². The fourth-order valence-corrected chi connectivity index (χ4v) is 3.33. The number of rotatable bonds is 5. The van der Waals surface area contributed by atoms with Crippen molar-refractivity contribution in [1.29, 1.82) is 0 Å². The summed E-state index contributed by atoms with van der Waals surface area (Å²) in [6, 6.07) is 12.4. The smallest absolute Gasteiger partial charge is 0.252 e. The molecule has 1 aliphatic rings. The van der Waals surface area contributed by atoms with Gasteiger partial charge in [-0.25, -0.2) is 0 Å². The molecule has 2 aromatic rings. The number of carbonyl (C=O) groups excluding carboxylic acids is 1. The van der Waals surface area contributed by atoms with Gasteiger partial charge in [-0.15, -0.1) is 0 Å². The van der Waals surface area contributed by atoms with Gasteiger partial charge in [0, 0.05) is 55.9 Å². The van der Waals surface area contributed by atoms with Crippen molar-refractivity contribution in [1.82, 2.24) is 10.2 Å². The molecule has 0 radical (unpaired) electrons. The summed E-state index contributed by atoms with van der Waals surface area (Å²) in [4.78, 5) is 16.7. The molecule has 5 heteroatoms. The summed E-state index contributed by atoms with van der Waals surface area (Å²) in [6.07, 6.45) is 0. The normalized spacial score (nSPS) is 15.7. The SMILES string of the molecule is O=C(NCCN1CCN(c2ccccc2)CC1)c1ccsc1. The third-order valence-electron chi connectivity index (χ3n) is 3.99. The summed E-state index contributed by atoms with van der Waals surface area (Å²) in [5.74, 6) is 0.0316. The molecule has 0 spiro atoms. The minimum Gasteiger partial charge on any atom is -0.369 e. The standard InChI is InChI=1S/C17H21N3OS/c21-17(15-6-13-22-14-15)18-7-8-19-9-11-20(12-10-19)16-4-2-1-3-5-16/h1-6,13-14H,7-12H2,(H,18,21). The number of nitrogens with zero attached hydrogens (tertiary/aromatic N) is 2. The molecule has 1 aliphatic heterocycles. The zero-order valence-electron chi connectivity index (χ0n) is 12.6. The summed E-state index contributed by atoms with van der Waals surface area (Å²) in [7, 11) is 0. The van der Waals surface area contributed by atoms with Gasteiger partial charge in [0.1, 0.15) is 0 Å². The average molecular weight is 315 g/mol. The van der Waals surface area contributed by atoms with E-state index in [-0.39, 0.29) is 5.91 Å². The Morgan fingerprint density at radius 3 is 2.55 bits per heavy atom. The minimum absolute atomic E-state index is 0.0316. The fraction of sp³-hybridized carbons (Fsp3) is 0.353. The largest absolute Gasteiger partial charge is 0.369 e. The highest BCUT2D eigenvalue weighted by atomic mass is 32.1. The third-order valence-corrected chi connectivity index (χ3v) is 4.67. The zero-order chi connectivity index (χ0) is 15.2. The number of hydrogen-bond donors (Lipinski definition) is 1. The number of anilines is 1. The maximum Gasteiger partial charge on any atom is 0.252 e. The van der Waals surface area contributed by atoms with E-state index in [2.05, 4.69) is 45.4 Å². The van der Waals surface area contributed by atoms with Crippen LogP contribution in [0.2, 0.25) is 0 Å². The Balaban J connectivity index is 1.38. The predicted molar refractivity (Wildman–Crippen MR) is 91.7 cm³/mol. The number of amides is 1. The van der Waals surface area contributed by atoms with E-state index in [0.29, 0.717) is 6.54 Å². The highest BCUT2D eigenvalue weighted by Gasteiger charge is 2.16. The number of hydrogen-bond acceptors (Lipinski definition) is 4. The molecular weight excluding hydrogens is 294 g/mol. The van der Waals surface area contributed by atoms with Gasteiger partial charge < -0.3 is 10.2 Å². The van der Waals surface area contributed by atoms with E-state index in [0.717, 1.165) is 38.3 Å². The molecule has 4 nitrogen and oxygen atoms in total. The topological polar surface area (TPSA) is 35.6 Å². The van der Waals surface area contributed by atoms with Crippen LogP contribution in [0, 0.1) is 0 Å². The minimum atomic E-state index is 0.0316. The Labute approximate surface area is 135 Å². The van der Waals surface area contributed by atoms with E-state index in [4.69, 9.17) is 0 Å². The van der Waals surface area contributed by atoms with E-state index in [1.165, 1.54) is 5.69 Å². The van der Waals surface area contributed by atoms with E-state index in [9.17, 15) is 4.79 Å². The number of thiophene rings is 1. The van der Waals surface area contributed by atoms with Crippen LogP contribution in [0.3, 0.4) is 0 Å². The molecule has 1 aromatic heterocycles. The van der Waals surface area contributed by atoms with Crippen molar-refractivity contribution >= 4 is 22.9 Å². The Bertz CT molecular complexity index is 577. The van der Waals surface area contributed by atoms with Gasteiger partial charge in [-0.1, -0.05) is 18.2 Å². The Kier molecular flexibility index (Phi) is 5.08. The summed E-state index contributed by atoms with van der Waals surface area (Å²) >= 11 is 1.55. The van der Waals surface area contributed by atoms with Crippen molar-refractivity contribution in [3.63, 3.8) is 0 Å². The summed E-state index contributed by atoms with van der Waals surface area (Å²) in [5.41, 5.74) is 2.06. The predicted octanol–water partition coefficient (Wildman–Crippen LogP) is 2.30. The number of para-hydroxylation sites is 1. The highest BCUT2D eigenvalue weighted by Crippen LogP contribution is 2.15. The molecule has 1 saturated heterocycles. The maximum absolute atomic E-state index is 11.9. The number of piperazine rings is 1. The fourth-order valence-electron chi connectivity index (χ4n) is 2.69. The first-order valence-corrected chi connectivity index (χ1v) is 8.60. The van der Waals surface area contributed by atoms with E-state index < -0.39 is 0 Å². The first-order valence-electron chi connectivity index (χ1n) is 7.66. The van der Waals surface area contributed by atoms with Gasteiger partial charge in [0.2, 0.25) is 0 Å². The van der Waals surface area contributed by atoms with E-state index in [1.807, 2.05) is 16.8 Å². The van der Waals surface area contributed by atoms with Crippen molar-refractivity contribution in [2.75, 3.05) is 44.2 Å². The monoisotopic (exact) mass is 315 g/mol. The lowest BCUT2D eigenvalue weighted by atomic mass is 10.2. The molecule has 1 aromatic carbocycles. The van der Waals surface area contributed by atoms with Crippen molar-refractivity contribution in [2.45, 2.75) is 0 Å². The second-order valence-corrected chi connectivity index (χ2v) is 6.21. The van der Waals surface area contributed by atoms with Gasteiger partial charge in [0.15, 0.2) is 0 Å². The van der Waals surface area contributed by atoms with Gasteiger partial charge in [-0.05, 0) is 23.6 Å². The molecular formula is C17H21N3OS. The van der Waals surface area contributed by atoms with Crippen LogP contribution in [0.15, 0.2) is 47.2 Å². The molecule has 0 atom stereocenters. The van der Waals surface area contributed by atoms with Crippen molar-refractivity contribution < 1.29 is 4.79 Å². The summed E-state index contributed by atoms with van der Waals surface area (Å²) in [5, 5.41) is 6.80. The molecule has 3 rings (SSSR count). The van der Waals surface area contributed by atoms with Crippen LogP contribution in [-0.4, -0.2) is 50.1 Å². The molecule has 0 saturated carbocycles. The number of nitrogens with one attached hydrogen (secondary N) is 1. The van der Waals surface area contributed by atoms with Gasteiger partial charge in [0.25, 0.3) is 5.91 Å². The van der Waals surface area contributed by atoms with E-state index >= 15 is 0 Å². The zero-order valence-corrected chi connectivity index (χ0v) is 13.4. The summed E-state index contributed by atoms with van der Waals surface area (Å²) < 4.78 is 0. The van der Waals surface area contributed by atoms with Gasteiger partial charge in [-0.2, -0.15) is 11.3 Å². The van der Waals surface area contributed by atoms with E-state index in [1.54, 1.807) is 11.3 Å². The average Bonchev–Trinajstić information content (AvgIpc) is 3.11. The van der Waals surface area contributed by atoms with Crippen LogP contribution < -0.4 is 10.2 Å². The molecule has 0 bridgehead atoms. The van der Waals surface area contributed by atoms with Crippen LogP contribution in [0.4, 0.5) is 5.69 Å². The first-order chi connectivity index (χ1) is 10.8. The Morgan fingerprint density at radius 1 is 1.09 bits per heavy atom. The van der Waals surface area contributed by atoms with Crippen LogP contribution in [0.1, 0.15) is 10.4 Å². The van der Waals surface area contributed by atoms with Crippen molar-refractivity contribution in [3.05, 3.63) is 52.7 Å².